The first-order valence-electron chi connectivity index (χ1n) is 6.87. The van der Waals surface area contributed by atoms with E-state index < -0.39 is 30.6 Å². The zero-order valence-electron chi connectivity index (χ0n) is 12.5. The summed E-state index contributed by atoms with van der Waals surface area (Å²) in [7, 11) is 0. The molecule has 0 fully saturated rings. The van der Waals surface area contributed by atoms with E-state index in [0.29, 0.717) is 0 Å². The van der Waals surface area contributed by atoms with Gasteiger partial charge in [0.15, 0.2) is 0 Å². The lowest BCUT2D eigenvalue weighted by Crippen LogP contribution is -2.50. The van der Waals surface area contributed by atoms with Crippen LogP contribution >= 0.6 is 0 Å². The molecule has 0 spiro atoms. The molecule has 0 aliphatic rings. The molecule has 120 valence electrons. The number of rotatable bonds is 7. The summed E-state index contributed by atoms with van der Waals surface area (Å²) in [6.07, 6.45) is -0.729. The number of amides is 2. The summed E-state index contributed by atoms with van der Waals surface area (Å²) in [4.78, 5) is 34.0. The van der Waals surface area contributed by atoms with Gasteiger partial charge in [-0.25, -0.2) is 4.79 Å². The van der Waals surface area contributed by atoms with Gasteiger partial charge in [0.1, 0.15) is 19.2 Å². The van der Waals surface area contributed by atoms with Crippen LogP contribution in [0.3, 0.4) is 0 Å². The van der Waals surface area contributed by atoms with E-state index in [0.717, 1.165) is 5.56 Å². The van der Waals surface area contributed by atoms with Crippen molar-refractivity contribution >= 4 is 18.0 Å². The topological polar surface area (TPSA) is 105 Å². The number of hydrogen-bond donors (Lipinski definition) is 3. The second-order valence-electron chi connectivity index (χ2n) is 5.04. The van der Waals surface area contributed by atoms with Crippen molar-refractivity contribution in [1.29, 1.82) is 0 Å². The van der Waals surface area contributed by atoms with Gasteiger partial charge >= 0.3 is 12.1 Å². The second kappa shape index (κ2) is 8.66. The molecule has 0 saturated heterocycles. The Hall–Kier alpha value is -2.57. The summed E-state index contributed by atoms with van der Waals surface area (Å²) in [5.41, 5.74) is 0.828. The molecule has 1 atom stereocenters. The average Bonchev–Trinajstić information content (AvgIpc) is 2.49. The number of carboxylic acids is 1. The van der Waals surface area contributed by atoms with Crippen molar-refractivity contribution < 1.29 is 24.2 Å². The molecule has 0 aliphatic carbocycles. The third kappa shape index (κ3) is 6.25. The molecular weight excluding hydrogens is 288 g/mol. The highest BCUT2D eigenvalue weighted by Gasteiger charge is 2.25. The van der Waals surface area contributed by atoms with Gasteiger partial charge in [0.05, 0.1) is 0 Å². The first-order valence-corrected chi connectivity index (χ1v) is 6.87. The standard InChI is InChI=1S/C15H20N2O5/c1-10(2)13(14(20)16-8-12(18)19)17-15(21)22-9-11-6-4-3-5-7-11/h3-7,10,13H,8-9H2,1-2H3,(H,16,20)(H,17,21)(H,18,19)/t13-/m0/s1. The van der Waals surface area contributed by atoms with Crippen LogP contribution in [0.5, 0.6) is 0 Å². The lowest BCUT2D eigenvalue weighted by Gasteiger charge is -2.21. The van der Waals surface area contributed by atoms with Gasteiger partial charge in [0.2, 0.25) is 5.91 Å². The number of carboxylic acid groups (broad SMARTS) is 1. The first kappa shape index (κ1) is 17.5. The van der Waals surface area contributed by atoms with Crippen molar-refractivity contribution in [3.05, 3.63) is 35.9 Å². The molecule has 7 nitrogen and oxygen atoms in total. The third-order valence-electron chi connectivity index (χ3n) is 2.85. The third-order valence-corrected chi connectivity index (χ3v) is 2.85. The summed E-state index contributed by atoms with van der Waals surface area (Å²) < 4.78 is 5.04. The Labute approximate surface area is 128 Å². The summed E-state index contributed by atoms with van der Waals surface area (Å²) in [6, 6.07) is 8.27. The molecule has 0 saturated carbocycles. The maximum Gasteiger partial charge on any atom is 0.408 e. The predicted molar refractivity (Wildman–Crippen MR) is 79.0 cm³/mol. The summed E-state index contributed by atoms with van der Waals surface area (Å²) in [6.45, 7) is 3.07. The average molecular weight is 308 g/mol. The highest BCUT2D eigenvalue weighted by Crippen LogP contribution is 2.04. The molecule has 22 heavy (non-hydrogen) atoms. The molecule has 0 radical (unpaired) electrons. The highest BCUT2D eigenvalue weighted by atomic mass is 16.5. The summed E-state index contributed by atoms with van der Waals surface area (Å²) in [5.74, 6) is -1.92. The van der Waals surface area contributed by atoms with Crippen LogP contribution in [-0.4, -0.2) is 35.7 Å². The zero-order chi connectivity index (χ0) is 16.5. The van der Waals surface area contributed by atoms with Crippen molar-refractivity contribution in [3.8, 4) is 0 Å². The first-order chi connectivity index (χ1) is 10.4. The van der Waals surface area contributed by atoms with Gasteiger partial charge in [-0.2, -0.15) is 0 Å². The Morgan fingerprint density at radius 1 is 1.18 bits per heavy atom. The maximum atomic E-state index is 11.9. The number of aliphatic carboxylic acids is 1. The number of carbonyl (C=O) groups is 3. The SMILES string of the molecule is CC(C)[C@H](NC(=O)OCc1ccccc1)C(=O)NCC(=O)O. The van der Waals surface area contributed by atoms with Crippen molar-refractivity contribution in [2.24, 2.45) is 5.92 Å². The summed E-state index contributed by atoms with van der Waals surface area (Å²) >= 11 is 0. The minimum atomic E-state index is -1.15. The van der Waals surface area contributed by atoms with E-state index in [-0.39, 0.29) is 12.5 Å². The van der Waals surface area contributed by atoms with Crippen molar-refractivity contribution in [1.82, 2.24) is 10.6 Å². The molecule has 7 heteroatoms. The van der Waals surface area contributed by atoms with Crippen LogP contribution in [0.15, 0.2) is 30.3 Å². The number of nitrogens with one attached hydrogen (secondary N) is 2. The van der Waals surface area contributed by atoms with Crippen LogP contribution in [-0.2, 0) is 20.9 Å². The maximum absolute atomic E-state index is 11.9. The van der Waals surface area contributed by atoms with Crippen LogP contribution in [0.25, 0.3) is 0 Å². The zero-order valence-corrected chi connectivity index (χ0v) is 12.5. The number of ether oxygens (including phenoxy) is 1. The Kier molecular flexibility index (Phi) is 6.88. The van der Waals surface area contributed by atoms with Crippen LogP contribution in [0.4, 0.5) is 4.79 Å². The molecule has 0 heterocycles. The molecule has 0 bridgehead atoms. The number of hydrogen-bond acceptors (Lipinski definition) is 4. The molecule has 0 aromatic heterocycles. The Balaban J connectivity index is 2.50. The van der Waals surface area contributed by atoms with E-state index in [1.54, 1.807) is 13.8 Å². The largest absolute Gasteiger partial charge is 0.480 e. The minimum absolute atomic E-state index is 0.0915. The van der Waals surface area contributed by atoms with E-state index in [1.807, 2.05) is 30.3 Å². The van der Waals surface area contributed by atoms with E-state index in [2.05, 4.69) is 10.6 Å². The molecular formula is C15H20N2O5. The lowest BCUT2D eigenvalue weighted by molar-refractivity contribution is -0.138. The van der Waals surface area contributed by atoms with Gasteiger partial charge in [0, 0.05) is 0 Å². The number of alkyl carbamates (subject to hydrolysis) is 1. The van der Waals surface area contributed by atoms with Crippen molar-refractivity contribution in [2.75, 3.05) is 6.54 Å². The smallest absolute Gasteiger partial charge is 0.408 e. The molecule has 0 unspecified atom stereocenters. The van der Waals surface area contributed by atoms with Crippen LogP contribution in [0, 0.1) is 5.92 Å². The van der Waals surface area contributed by atoms with Gasteiger partial charge < -0.3 is 20.5 Å². The van der Waals surface area contributed by atoms with Crippen LogP contribution in [0.1, 0.15) is 19.4 Å². The van der Waals surface area contributed by atoms with Gasteiger partial charge in [-0.15, -0.1) is 0 Å². The van der Waals surface area contributed by atoms with E-state index >= 15 is 0 Å². The van der Waals surface area contributed by atoms with Crippen molar-refractivity contribution in [3.63, 3.8) is 0 Å². The van der Waals surface area contributed by atoms with E-state index in [4.69, 9.17) is 9.84 Å². The molecule has 2 amide bonds. The van der Waals surface area contributed by atoms with Gasteiger partial charge in [-0.05, 0) is 11.5 Å². The lowest BCUT2D eigenvalue weighted by atomic mass is 10.0. The highest BCUT2D eigenvalue weighted by molar-refractivity contribution is 5.88. The monoisotopic (exact) mass is 308 g/mol. The molecule has 1 rings (SSSR count). The second-order valence-corrected chi connectivity index (χ2v) is 5.04. The van der Waals surface area contributed by atoms with E-state index in [1.165, 1.54) is 0 Å². The molecule has 1 aromatic rings. The fraction of sp³-hybridized carbons (Fsp3) is 0.400. The van der Waals surface area contributed by atoms with Gasteiger partial charge in [-0.3, -0.25) is 9.59 Å². The van der Waals surface area contributed by atoms with Gasteiger partial charge in [0.25, 0.3) is 0 Å². The predicted octanol–water partition coefficient (Wildman–Crippen LogP) is 1.14. The Morgan fingerprint density at radius 2 is 1.82 bits per heavy atom. The Morgan fingerprint density at radius 3 is 2.36 bits per heavy atom. The molecule has 3 N–H and O–H groups in total. The van der Waals surface area contributed by atoms with Crippen molar-refractivity contribution in [2.45, 2.75) is 26.5 Å². The normalized spacial score (nSPS) is 11.6. The quantitative estimate of drug-likeness (QED) is 0.700. The fourth-order valence-electron chi connectivity index (χ4n) is 1.70. The molecule has 1 aromatic carbocycles. The van der Waals surface area contributed by atoms with Gasteiger partial charge in [-0.1, -0.05) is 44.2 Å². The molecule has 0 aliphatic heterocycles. The minimum Gasteiger partial charge on any atom is -0.480 e. The fourth-order valence-corrected chi connectivity index (χ4v) is 1.70. The number of benzene rings is 1. The van der Waals surface area contributed by atoms with Crippen LogP contribution < -0.4 is 10.6 Å². The van der Waals surface area contributed by atoms with E-state index in [9.17, 15) is 14.4 Å². The van der Waals surface area contributed by atoms with Crippen LogP contribution in [0.2, 0.25) is 0 Å². The number of carbonyl (C=O) groups excluding carboxylic acids is 2. The Bertz CT molecular complexity index is 516. The summed E-state index contributed by atoms with van der Waals surface area (Å²) in [5, 5.41) is 13.2.